The Morgan fingerprint density at radius 1 is 1.16 bits per heavy atom. The lowest BCUT2D eigenvalue weighted by Crippen LogP contribution is -2.23. The Balaban J connectivity index is 1.67. The van der Waals surface area contributed by atoms with E-state index in [2.05, 4.69) is 20.3 Å². The smallest absolute Gasteiger partial charge is 0.417 e. The van der Waals surface area contributed by atoms with E-state index in [1.165, 1.54) is 0 Å². The third-order valence-corrected chi connectivity index (χ3v) is 5.35. The van der Waals surface area contributed by atoms with Crippen molar-refractivity contribution in [3.63, 3.8) is 0 Å². The number of hydrogen-bond acceptors (Lipinski definition) is 7. The molecule has 0 spiro atoms. The van der Waals surface area contributed by atoms with Crippen LogP contribution in [0.5, 0.6) is 5.75 Å². The highest BCUT2D eigenvalue weighted by atomic mass is 19.4. The molecule has 0 amide bonds. The third-order valence-electron chi connectivity index (χ3n) is 5.35. The molecule has 0 unspecified atom stereocenters. The lowest BCUT2D eigenvalue weighted by Gasteiger charge is -2.24. The number of nitrogens with two attached hydrogens (primary N) is 1. The van der Waals surface area contributed by atoms with Crippen LogP contribution in [0.2, 0.25) is 0 Å². The van der Waals surface area contributed by atoms with Gasteiger partial charge in [0, 0.05) is 12.4 Å². The molecule has 0 atom stereocenters. The summed E-state index contributed by atoms with van der Waals surface area (Å²) in [5, 5.41) is 4.03. The van der Waals surface area contributed by atoms with Crippen molar-refractivity contribution in [2.24, 2.45) is 0 Å². The van der Waals surface area contributed by atoms with E-state index in [0.29, 0.717) is 35.3 Å². The molecule has 154 valence electrons. The molecular weight excluding hydrogens is 409 g/mol. The third kappa shape index (κ3) is 2.57. The van der Waals surface area contributed by atoms with Crippen molar-refractivity contribution in [3.05, 3.63) is 65.8 Å². The Labute approximate surface area is 173 Å². The molecule has 0 aliphatic carbocycles. The normalized spacial score (nSPS) is 16.3. The van der Waals surface area contributed by atoms with Crippen molar-refractivity contribution in [1.29, 1.82) is 0 Å². The van der Waals surface area contributed by atoms with Crippen LogP contribution in [0.3, 0.4) is 0 Å². The van der Waals surface area contributed by atoms with Crippen LogP contribution in [0.1, 0.15) is 5.56 Å². The van der Waals surface area contributed by atoms with Crippen LogP contribution in [0.25, 0.3) is 22.3 Å². The van der Waals surface area contributed by atoms with Crippen molar-refractivity contribution in [3.8, 4) is 17.1 Å². The van der Waals surface area contributed by atoms with Crippen LogP contribution in [0.4, 0.5) is 30.5 Å². The molecule has 3 aliphatic heterocycles. The molecular formula is C21H13F3N6O. The van der Waals surface area contributed by atoms with Crippen molar-refractivity contribution >= 4 is 28.2 Å². The minimum atomic E-state index is -4.57. The second-order valence-corrected chi connectivity index (χ2v) is 7.21. The highest BCUT2D eigenvalue weighted by Gasteiger charge is 2.34. The van der Waals surface area contributed by atoms with E-state index in [9.17, 15) is 13.2 Å². The van der Waals surface area contributed by atoms with Gasteiger partial charge in [0.15, 0.2) is 17.4 Å². The zero-order chi connectivity index (χ0) is 21.3. The minimum Gasteiger partial charge on any atom is -0.484 e. The number of halogens is 3. The first-order chi connectivity index (χ1) is 14.9. The lowest BCUT2D eigenvalue weighted by atomic mass is 10.1. The number of fused-ring (bicyclic) bond motifs is 2. The molecule has 3 aliphatic rings. The first kappa shape index (κ1) is 17.8. The Kier molecular flexibility index (Phi) is 3.42. The van der Waals surface area contributed by atoms with Crippen LogP contribution in [-0.2, 0) is 6.18 Å². The predicted octanol–water partition coefficient (Wildman–Crippen LogP) is 4.21. The summed E-state index contributed by atoms with van der Waals surface area (Å²) in [4.78, 5) is 14.7. The average molecular weight is 422 g/mol. The maximum Gasteiger partial charge on any atom is 0.417 e. The van der Waals surface area contributed by atoms with Gasteiger partial charge in [-0.05, 0) is 30.4 Å². The summed E-state index contributed by atoms with van der Waals surface area (Å²) in [5.41, 5.74) is 7.96. The van der Waals surface area contributed by atoms with E-state index in [4.69, 9.17) is 10.5 Å². The van der Waals surface area contributed by atoms with Crippen molar-refractivity contribution in [1.82, 2.24) is 15.0 Å². The van der Waals surface area contributed by atoms with Crippen LogP contribution in [0.15, 0.2) is 60.2 Å². The second kappa shape index (κ2) is 5.97. The summed E-state index contributed by atoms with van der Waals surface area (Å²) in [6.45, 7) is 0.294. The van der Waals surface area contributed by atoms with Gasteiger partial charge in [-0.2, -0.15) is 13.2 Å². The van der Waals surface area contributed by atoms with Gasteiger partial charge >= 0.3 is 6.18 Å². The highest BCUT2D eigenvalue weighted by Crippen LogP contribution is 2.46. The number of rotatable bonds is 1. The Morgan fingerprint density at radius 3 is 2.87 bits per heavy atom. The molecule has 0 radical (unpaired) electrons. The maximum absolute atomic E-state index is 13.3. The molecule has 7 nitrogen and oxygen atoms in total. The van der Waals surface area contributed by atoms with E-state index in [1.807, 2.05) is 35.4 Å². The molecule has 5 heterocycles. The topological polar surface area (TPSA) is 89.2 Å². The Morgan fingerprint density at radius 2 is 2.03 bits per heavy atom. The first-order valence-corrected chi connectivity index (χ1v) is 9.35. The molecule has 3 N–H and O–H groups in total. The fourth-order valence-corrected chi connectivity index (χ4v) is 3.88. The van der Waals surface area contributed by atoms with Crippen LogP contribution in [-0.4, -0.2) is 21.6 Å². The minimum absolute atomic E-state index is 0.0154. The molecule has 2 aromatic heterocycles. The van der Waals surface area contributed by atoms with E-state index in [1.54, 1.807) is 6.07 Å². The average Bonchev–Trinajstić information content (AvgIpc) is 3.11. The Hall–Kier alpha value is -4.08. The van der Waals surface area contributed by atoms with Gasteiger partial charge < -0.3 is 15.8 Å². The maximum atomic E-state index is 13.3. The van der Waals surface area contributed by atoms with Gasteiger partial charge in [-0.15, -0.1) is 0 Å². The number of nitrogens with one attached hydrogen (secondary N) is 1. The number of benzene rings is 1. The molecule has 0 saturated carbocycles. The van der Waals surface area contributed by atoms with Crippen LogP contribution in [0, 0.1) is 0 Å². The molecule has 0 fully saturated rings. The zero-order valence-electron chi connectivity index (χ0n) is 15.7. The van der Waals surface area contributed by atoms with E-state index < -0.39 is 11.7 Å². The number of nitrogens with zero attached hydrogens (tertiary/aromatic N) is 4. The second-order valence-electron chi connectivity index (χ2n) is 7.21. The first-order valence-electron chi connectivity index (χ1n) is 9.35. The van der Waals surface area contributed by atoms with Gasteiger partial charge in [-0.1, -0.05) is 6.08 Å². The van der Waals surface area contributed by atoms with E-state index in [0.717, 1.165) is 23.1 Å². The fourth-order valence-electron chi connectivity index (χ4n) is 3.88. The zero-order valence-corrected chi connectivity index (χ0v) is 15.7. The van der Waals surface area contributed by atoms with Crippen molar-refractivity contribution < 1.29 is 17.9 Å². The molecule has 10 heteroatoms. The largest absolute Gasteiger partial charge is 0.484 e. The molecule has 1 aromatic carbocycles. The van der Waals surface area contributed by atoms with E-state index >= 15 is 0 Å². The fraction of sp³-hybridized carbons (Fsp3) is 0.0952. The standard InChI is InChI=1S/C21H13F3N6O/c22-21(23,24)10-7-11(18(25)26-8-10)19-28-13-4-5-14-17-16(13)20(29-19)30-6-2-1-3-12(27-14)15(30)9-31-17/h1-8,27H,9H2,(H2,25,26). The monoisotopic (exact) mass is 422 g/mol. The summed E-state index contributed by atoms with van der Waals surface area (Å²) in [5.74, 6) is 1.06. The van der Waals surface area contributed by atoms with Gasteiger partial charge in [0.25, 0.3) is 0 Å². The number of ether oxygens (including phenoxy) is 1. The lowest BCUT2D eigenvalue weighted by molar-refractivity contribution is -0.137. The number of alkyl halides is 3. The number of anilines is 3. The van der Waals surface area contributed by atoms with Crippen LogP contribution >= 0.6 is 0 Å². The van der Waals surface area contributed by atoms with Gasteiger partial charge in [0.2, 0.25) is 0 Å². The summed E-state index contributed by atoms with van der Waals surface area (Å²) in [7, 11) is 0. The molecule has 6 rings (SSSR count). The molecule has 0 saturated heterocycles. The van der Waals surface area contributed by atoms with Gasteiger partial charge in [-0.25, -0.2) is 15.0 Å². The van der Waals surface area contributed by atoms with Crippen molar-refractivity contribution in [2.45, 2.75) is 6.18 Å². The number of hydrogen-bond donors (Lipinski definition) is 2. The predicted molar refractivity (Wildman–Crippen MR) is 109 cm³/mol. The number of aromatic nitrogens is 3. The summed E-state index contributed by atoms with van der Waals surface area (Å²) in [6.07, 6.45) is 3.63. The Bertz CT molecular complexity index is 1380. The van der Waals surface area contributed by atoms with E-state index in [-0.39, 0.29) is 17.2 Å². The van der Waals surface area contributed by atoms with Crippen LogP contribution < -0.4 is 20.7 Å². The number of allylic oxidation sites excluding steroid dienone is 3. The number of pyridine rings is 1. The van der Waals surface area contributed by atoms with Crippen molar-refractivity contribution in [2.75, 3.05) is 22.6 Å². The molecule has 31 heavy (non-hydrogen) atoms. The quantitative estimate of drug-likeness (QED) is 0.607. The SMILES string of the molecule is Nc1ncc(C(F)(F)F)cc1-c1nc2c3c4c(ccc3n1)NC1=C(CO4)N2C=CC=C1. The molecule has 3 aromatic rings. The van der Waals surface area contributed by atoms with Gasteiger partial charge in [-0.3, -0.25) is 4.90 Å². The van der Waals surface area contributed by atoms with Gasteiger partial charge in [0.1, 0.15) is 12.4 Å². The number of nitrogen functional groups attached to an aromatic ring is 1. The summed E-state index contributed by atoms with van der Waals surface area (Å²) >= 11 is 0. The summed E-state index contributed by atoms with van der Waals surface area (Å²) < 4.78 is 45.9. The highest BCUT2D eigenvalue weighted by molar-refractivity contribution is 6.02. The van der Waals surface area contributed by atoms with Gasteiger partial charge in [0.05, 0.1) is 39.1 Å². The molecule has 2 bridgehead atoms. The summed E-state index contributed by atoms with van der Waals surface area (Å²) in [6, 6.07) is 4.52.